The number of imidazole rings is 1. The van der Waals surface area contributed by atoms with Crippen molar-refractivity contribution in [2.75, 3.05) is 5.32 Å². The summed E-state index contributed by atoms with van der Waals surface area (Å²) in [6.07, 6.45) is 8.11. The summed E-state index contributed by atoms with van der Waals surface area (Å²) in [5.74, 6) is -0.132. The maximum Gasteiger partial charge on any atom is 0.274 e. The number of aryl methyl sites for hydroxylation is 1. The lowest BCUT2D eigenvalue weighted by atomic mass is 9.52. The fourth-order valence-corrected chi connectivity index (χ4v) is 5.61. The molecule has 0 bridgehead atoms. The standard InChI is InChI=1S/C22H24ClFN6O2/c1-30-12-26-17(18(30)19(31)28-14-2-3-16(24)15(23)8-14)13-4-6-21(7-5-13)9-22(32,10-21)20-25-11-27-29-20/h2-3,8,11-13,32H,4-7,9-10H2,1H3,(H,28,31)(H,25,27,29). The van der Waals surface area contributed by atoms with E-state index in [2.05, 4.69) is 25.5 Å². The molecule has 2 aromatic heterocycles. The van der Waals surface area contributed by atoms with E-state index in [4.69, 9.17) is 11.6 Å². The van der Waals surface area contributed by atoms with E-state index in [1.165, 1.54) is 24.5 Å². The van der Waals surface area contributed by atoms with E-state index in [0.29, 0.717) is 30.0 Å². The highest BCUT2D eigenvalue weighted by atomic mass is 35.5. The van der Waals surface area contributed by atoms with Gasteiger partial charge in [-0.2, -0.15) is 5.10 Å². The minimum Gasteiger partial charge on any atom is -0.382 e. The zero-order valence-corrected chi connectivity index (χ0v) is 18.4. The van der Waals surface area contributed by atoms with E-state index < -0.39 is 11.4 Å². The van der Waals surface area contributed by atoms with Crippen LogP contribution in [0.2, 0.25) is 5.02 Å². The number of amides is 1. The van der Waals surface area contributed by atoms with Crippen molar-refractivity contribution < 1.29 is 14.3 Å². The second-order valence-electron chi connectivity index (χ2n) is 9.17. The number of halogens is 2. The third-order valence-electron chi connectivity index (χ3n) is 6.98. The third-order valence-corrected chi connectivity index (χ3v) is 7.27. The van der Waals surface area contributed by atoms with Gasteiger partial charge in [0.15, 0.2) is 5.82 Å². The van der Waals surface area contributed by atoms with Crippen LogP contribution in [0.25, 0.3) is 0 Å². The van der Waals surface area contributed by atoms with Crippen LogP contribution in [-0.4, -0.2) is 35.7 Å². The van der Waals surface area contributed by atoms with Gasteiger partial charge in [-0.25, -0.2) is 14.4 Å². The molecule has 10 heteroatoms. The molecule has 32 heavy (non-hydrogen) atoms. The lowest BCUT2D eigenvalue weighted by molar-refractivity contribution is -0.155. The minimum absolute atomic E-state index is 0.0450. The number of aromatic amines is 1. The lowest BCUT2D eigenvalue weighted by Gasteiger charge is -2.55. The first kappa shape index (κ1) is 21.1. The largest absolute Gasteiger partial charge is 0.382 e. The number of nitrogens with zero attached hydrogens (tertiary/aromatic N) is 4. The Kier molecular flexibility index (Phi) is 5.05. The Labute approximate surface area is 189 Å². The molecule has 2 aliphatic carbocycles. The smallest absolute Gasteiger partial charge is 0.274 e. The minimum atomic E-state index is -0.921. The molecule has 0 saturated heterocycles. The number of H-pyrrole nitrogens is 1. The molecule has 3 aromatic rings. The molecule has 2 fully saturated rings. The highest BCUT2D eigenvalue weighted by molar-refractivity contribution is 6.31. The summed E-state index contributed by atoms with van der Waals surface area (Å²) in [5.41, 5.74) is 0.879. The molecule has 5 rings (SSSR count). The third kappa shape index (κ3) is 3.59. The van der Waals surface area contributed by atoms with Gasteiger partial charge in [-0.05, 0) is 62.1 Å². The van der Waals surface area contributed by atoms with Gasteiger partial charge >= 0.3 is 0 Å². The fourth-order valence-electron chi connectivity index (χ4n) is 5.43. The van der Waals surface area contributed by atoms with Crippen molar-refractivity contribution in [1.29, 1.82) is 0 Å². The van der Waals surface area contributed by atoms with Crippen molar-refractivity contribution in [3.8, 4) is 0 Å². The van der Waals surface area contributed by atoms with Gasteiger partial charge in [0.1, 0.15) is 23.4 Å². The molecule has 8 nitrogen and oxygen atoms in total. The first-order chi connectivity index (χ1) is 15.3. The van der Waals surface area contributed by atoms with Gasteiger partial charge in [0, 0.05) is 18.7 Å². The van der Waals surface area contributed by atoms with E-state index in [1.807, 2.05) is 0 Å². The summed E-state index contributed by atoms with van der Waals surface area (Å²) in [7, 11) is 1.79. The molecular formula is C22H24ClFN6O2. The first-order valence-corrected chi connectivity index (χ1v) is 11.0. The summed E-state index contributed by atoms with van der Waals surface area (Å²) in [5, 5.41) is 20.2. The number of hydrogen-bond donors (Lipinski definition) is 3. The van der Waals surface area contributed by atoms with Gasteiger partial charge in [-0.1, -0.05) is 11.6 Å². The number of carbonyl (C=O) groups is 1. The molecular weight excluding hydrogens is 435 g/mol. The Morgan fingerprint density at radius 1 is 1.31 bits per heavy atom. The molecule has 0 atom stereocenters. The van der Waals surface area contributed by atoms with E-state index in [-0.39, 0.29) is 22.3 Å². The number of carbonyl (C=O) groups excluding carboxylic acids is 1. The Hall–Kier alpha value is -2.78. The number of benzene rings is 1. The van der Waals surface area contributed by atoms with Gasteiger partial charge in [0.05, 0.1) is 17.0 Å². The van der Waals surface area contributed by atoms with Gasteiger partial charge in [-0.3, -0.25) is 9.89 Å². The molecule has 168 valence electrons. The molecule has 2 saturated carbocycles. The summed E-state index contributed by atoms with van der Waals surface area (Å²) in [4.78, 5) is 21.7. The Bertz CT molecular complexity index is 1150. The maximum atomic E-state index is 13.4. The van der Waals surface area contributed by atoms with E-state index in [0.717, 1.165) is 31.4 Å². The highest BCUT2D eigenvalue weighted by Crippen LogP contribution is 2.61. The van der Waals surface area contributed by atoms with Crippen molar-refractivity contribution in [2.45, 2.75) is 50.0 Å². The van der Waals surface area contributed by atoms with Crippen LogP contribution in [0, 0.1) is 11.2 Å². The topological polar surface area (TPSA) is 109 Å². The summed E-state index contributed by atoms with van der Waals surface area (Å²) in [6.45, 7) is 0. The van der Waals surface area contributed by atoms with Crippen LogP contribution >= 0.6 is 11.6 Å². The quantitative estimate of drug-likeness (QED) is 0.549. The highest BCUT2D eigenvalue weighted by Gasteiger charge is 2.57. The van der Waals surface area contributed by atoms with Crippen molar-refractivity contribution in [2.24, 2.45) is 12.5 Å². The van der Waals surface area contributed by atoms with Crippen LogP contribution in [0.15, 0.2) is 30.9 Å². The molecule has 1 amide bonds. The first-order valence-electron chi connectivity index (χ1n) is 10.6. The van der Waals surface area contributed by atoms with Gasteiger partial charge < -0.3 is 15.0 Å². The summed E-state index contributed by atoms with van der Waals surface area (Å²) >= 11 is 5.83. The zero-order chi connectivity index (χ0) is 22.5. The summed E-state index contributed by atoms with van der Waals surface area (Å²) < 4.78 is 15.1. The molecule has 3 N–H and O–H groups in total. The van der Waals surface area contributed by atoms with Crippen LogP contribution < -0.4 is 5.32 Å². The van der Waals surface area contributed by atoms with E-state index >= 15 is 0 Å². The number of rotatable bonds is 4. The Morgan fingerprint density at radius 3 is 2.72 bits per heavy atom. The number of aliphatic hydroxyl groups is 1. The van der Waals surface area contributed by atoms with Crippen LogP contribution in [0.3, 0.4) is 0 Å². The molecule has 0 unspecified atom stereocenters. The van der Waals surface area contributed by atoms with Crippen LogP contribution in [0.1, 0.15) is 66.4 Å². The average molecular weight is 459 g/mol. The second kappa shape index (κ2) is 7.67. The molecule has 0 radical (unpaired) electrons. The number of hydrogen-bond acceptors (Lipinski definition) is 5. The lowest BCUT2D eigenvalue weighted by Crippen LogP contribution is -2.51. The van der Waals surface area contributed by atoms with Gasteiger partial charge in [0.25, 0.3) is 5.91 Å². The molecule has 1 spiro atoms. The Morgan fingerprint density at radius 2 is 2.06 bits per heavy atom. The average Bonchev–Trinajstić information content (AvgIpc) is 3.41. The predicted molar refractivity (Wildman–Crippen MR) is 116 cm³/mol. The number of anilines is 1. The summed E-state index contributed by atoms with van der Waals surface area (Å²) in [6, 6.07) is 4.09. The molecule has 1 aromatic carbocycles. The van der Waals surface area contributed by atoms with E-state index in [1.54, 1.807) is 17.9 Å². The maximum absolute atomic E-state index is 13.4. The number of nitrogens with one attached hydrogen (secondary N) is 2. The fraction of sp³-hybridized carbons (Fsp3) is 0.455. The Balaban J connectivity index is 1.27. The van der Waals surface area contributed by atoms with Crippen molar-refractivity contribution in [1.82, 2.24) is 24.7 Å². The molecule has 0 aliphatic heterocycles. The van der Waals surface area contributed by atoms with Gasteiger partial charge in [0.2, 0.25) is 0 Å². The van der Waals surface area contributed by atoms with Gasteiger partial charge in [-0.15, -0.1) is 0 Å². The predicted octanol–water partition coefficient (Wildman–Crippen LogP) is 3.91. The van der Waals surface area contributed by atoms with Crippen LogP contribution in [0.5, 0.6) is 0 Å². The van der Waals surface area contributed by atoms with Crippen LogP contribution in [-0.2, 0) is 12.6 Å². The number of aromatic nitrogens is 5. The second-order valence-corrected chi connectivity index (χ2v) is 9.57. The normalized spacial score (nSPS) is 27.3. The van der Waals surface area contributed by atoms with Crippen molar-refractivity contribution >= 4 is 23.2 Å². The SMILES string of the molecule is Cn1cnc(C2CCC3(CC2)CC(O)(c2ncn[nH]2)C3)c1C(=O)Nc1ccc(F)c(Cl)c1. The molecule has 2 heterocycles. The zero-order valence-electron chi connectivity index (χ0n) is 17.6. The van der Waals surface area contributed by atoms with Crippen molar-refractivity contribution in [3.05, 3.63) is 58.9 Å². The molecule has 2 aliphatic rings. The van der Waals surface area contributed by atoms with E-state index in [9.17, 15) is 14.3 Å². The monoisotopic (exact) mass is 458 g/mol. The van der Waals surface area contributed by atoms with Crippen LogP contribution in [0.4, 0.5) is 10.1 Å². The van der Waals surface area contributed by atoms with Crippen molar-refractivity contribution in [3.63, 3.8) is 0 Å².